The Balaban J connectivity index is 2.11. The Bertz CT molecular complexity index is 299. The lowest BCUT2D eigenvalue weighted by atomic mass is 9.74. The van der Waals surface area contributed by atoms with Gasteiger partial charge in [0.05, 0.1) is 0 Å². The summed E-state index contributed by atoms with van der Waals surface area (Å²) in [4.78, 5) is 2.65. The number of rotatable bonds is 1. The molecule has 2 heteroatoms. The largest absolute Gasteiger partial charge is 0.295 e. The molecule has 1 aliphatic heterocycles. The fourth-order valence-electron chi connectivity index (χ4n) is 3.67. The molecule has 0 spiro atoms. The van der Waals surface area contributed by atoms with Gasteiger partial charge in [0.1, 0.15) is 6.17 Å². The summed E-state index contributed by atoms with van der Waals surface area (Å²) in [6.07, 6.45) is 2.72. The van der Waals surface area contributed by atoms with Crippen LogP contribution in [-0.4, -0.2) is 29.2 Å². The van der Waals surface area contributed by atoms with Crippen LogP contribution in [0.5, 0.6) is 0 Å². The van der Waals surface area contributed by atoms with E-state index in [1.54, 1.807) is 0 Å². The molecular weight excluding hydrogens is 225 g/mol. The fraction of sp³-hybridized carbons (Fsp3) is 1.00. The van der Waals surface area contributed by atoms with E-state index in [1.165, 1.54) is 12.8 Å². The van der Waals surface area contributed by atoms with Crippen LogP contribution in [0.3, 0.4) is 0 Å². The van der Waals surface area contributed by atoms with Gasteiger partial charge in [0.25, 0.3) is 0 Å². The molecule has 0 amide bonds. The molecule has 0 radical (unpaired) electrons. The number of hydrogen-bond donors (Lipinski definition) is 0. The molecule has 0 bridgehead atoms. The molecular formula is C16H30FN. The van der Waals surface area contributed by atoms with Crippen molar-refractivity contribution in [2.75, 3.05) is 6.54 Å². The van der Waals surface area contributed by atoms with Crippen LogP contribution in [0.4, 0.5) is 4.39 Å². The molecule has 2 aliphatic rings. The van der Waals surface area contributed by atoms with Crippen molar-refractivity contribution in [1.82, 2.24) is 4.90 Å². The standard InChI is InChI=1S/C16H30FN/c1-15(2,3)14-9-11(12-10-13(12)17)7-8-18(14)16(4,5)6/h11-14H,7-10H2,1-6H3. The maximum atomic E-state index is 13.3. The van der Waals surface area contributed by atoms with Crippen molar-refractivity contribution in [2.45, 2.75) is 78.6 Å². The first-order valence-electron chi connectivity index (χ1n) is 7.51. The van der Waals surface area contributed by atoms with E-state index in [0.717, 1.165) is 13.0 Å². The van der Waals surface area contributed by atoms with Crippen molar-refractivity contribution in [3.05, 3.63) is 0 Å². The summed E-state index contributed by atoms with van der Waals surface area (Å²) >= 11 is 0. The summed E-state index contributed by atoms with van der Waals surface area (Å²) < 4.78 is 13.3. The molecule has 0 aromatic rings. The molecule has 4 unspecified atom stereocenters. The third kappa shape index (κ3) is 2.89. The van der Waals surface area contributed by atoms with Gasteiger partial charge >= 0.3 is 0 Å². The number of likely N-dealkylation sites (tertiary alicyclic amines) is 1. The first-order valence-corrected chi connectivity index (χ1v) is 7.51. The highest BCUT2D eigenvalue weighted by Gasteiger charge is 2.49. The first-order chi connectivity index (χ1) is 8.10. The van der Waals surface area contributed by atoms with Crippen LogP contribution in [-0.2, 0) is 0 Å². The summed E-state index contributed by atoms with van der Waals surface area (Å²) in [6, 6.07) is 0.587. The van der Waals surface area contributed by atoms with Crippen LogP contribution >= 0.6 is 0 Å². The van der Waals surface area contributed by atoms with Crippen LogP contribution in [0.2, 0.25) is 0 Å². The zero-order valence-corrected chi connectivity index (χ0v) is 13.0. The number of alkyl halides is 1. The third-order valence-electron chi connectivity index (χ3n) is 4.87. The van der Waals surface area contributed by atoms with Crippen molar-refractivity contribution >= 4 is 0 Å². The maximum Gasteiger partial charge on any atom is 0.104 e. The van der Waals surface area contributed by atoms with Gasteiger partial charge in [-0.1, -0.05) is 20.8 Å². The highest BCUT2D eigenvalue weighted by Crippen LogP contribution is 2.48. The molecule has 0 N–H and O–H groups in total. The maximum absolute atomic E-state index is 13.3. The lowest BCUT2D eigenvalue weighted by Gasteiger charge is -2.52. The van der Waals surface area contributed by atoms with Gasteiger partial charge in [-0.3, -0.25) is 4.90 Å². The molecule has 1 aliphatic carbocycles. The second kappa shape index (κ2) is 4.47. The van der Waals surface area contributed by atoms with Crippen molar-refractivity contribution in [3.63, 3.8) is 0 Å². The molecule has 2 rings (SSSR count). The van der Waals surface area contributed by atoms with E-state index < -0.39 is 6.17 Å². The minimum Gasteiger partial charge on any atom is -0.295 e. The lowest BCUT2D eigenvalue weighted by molar-refractivity contribution is -0.0269. The van der Waals surface area contributed by atoms with Crippen LogP contribution < -0.4 is 0 Å². The van der Waals surface area contributed by atoms with Gasteiger partial charge in [-0.2, -0.15) is 0 Å². The second-order valence-electron chi connectivity index (χ2n) is 8.45. The van der Waals surface area contributed by atoms with Gasteiger partial charge < -0.3 is 0 Å². The second-order valence-corrected chi connectivity index (χ2v) is 8.45. The molecule has 0 aromatic heterocycles. The Kier molecular flexibility index (Phi) is 3.55. The molecule has 106 valence electrons. The predicted molar refractivity (Wildman–Crippen MR) is 75.4 cm³/mol. The van der Waals surface area contributed by atoms with Crippen molar-refractivity contribution in [2.24, 2.45) is 17.3 Å². The molecule has 1 nitrogen and oxygen atoms in total. The zero-order valence-electron chi connectivity index (χ0n) is 13.0. The van der Waals surface area contributed by atoms with Crippen LogP contribution in [0.1, 0.15) is 60.8 Å². The highest BCUT2D eigenvalue weighted by atomic mass is 19.1. The van der Waals surface area contributed by atoms with Crippen molar-refractivity contribution in [1.29, 1.82) is 0 Å². The Morgan fingerprint density at radius 2 is 1.56 bits per heavy atom. The number of halogens is 1. The topological polar surface area (TPSA) is 3.24 Å². The zero-order chi connectivity index (χ0) is 13.7. The molecule has 1 saturated heterocycles. The Labute approximate surface area is 112 Å². The van der Waals surface area contributed by atoms with Crippen molar-refractivity contribution < 1.29 is 4.39 Å². The summed E-state index contributed by atoms with van der Waals surface area (Å²) in [6.45, 7) is 15.1. The normalized spacial score (nSPS) is 38.8. The van der Waals surface area contributed by atoms with E-state index in [9.17, 15) is 4.39 Å². The summed E-state index contributed by atoms with van der Waals surface area (Å²) in [7, 11) is 0. The quantitative estimate of drug-likeness (QED) is 0.676. The van der Waals surface area contributed by atoms with E-state index in [4.69, 9.17) is 0 Å². The number of nitrogens with zero attached hydrogens (tertiary/aromatic N) is 1. The molecule has 18 heavy (non-hydrogen) atoms. The van der Waals surface area contributed by atoms with Gasteiger partial charge in [0.2, 0.25) is 0 Å². The summed E-state index contributed by atoms with van der Waals surface area (Å²) in [5, 5.41) is 0. The molecule has 1 heterocycles. The summed E-state index contributed by atoms with van der Waals surface area (Å²) in [5.74, 6) is 1.01. The van der Waals surface area contributed by atoms with Crippen LogP contribution in [0.25, 0.3) is 0 Å². The highest BCUT2D eigenvalue weighted by molar-refractivity contribution is 5.00. The molecule has 2 fully saturated rings. The monoisotopic (exact) mass is 255 g/mol. The number of piperidine rings is 1. The molecule has 1 saturated carbocycles. The van der Waals surface area contributed by atoms with Gasteiger partial charge in [0, 0.05) is 11.6 Å². The summed E-state index contributed by atoms with van der Waals surface area (Å²) in [5.41, 5.74) is 0.508. The molecule has 4 atom stereocenters. The lowest BCUT2D eigenvalue weighted by Crippen LogP contribution is -2.57. The number of hydrogen-bond acceptors (Lipinski definition) is 1. The molecule has 0 aromatic carbocycles. The minimum absolute atomic E-state index is 0.224. The average molecular weight is 255 g/mol. The van der Waals surface area contributed by atoms with Crippen molar-refractivity contribution in [3.8, 4) is 0 Å². The van der Waals surface area contributed by atoms with Gasteiger partial charge in [-0.25, -0.2) is 4.39 Å². The van der Waals surface area contributed by atoms with Crippen LogP contribution in [0.15, 0.2) is 0 Å². The van der Waals surface area contributed by atoms with E-state index >= 15 is 0 Å². The van der Waals surface area contributed by atoms with Gasteiger partial charge in [-0.15, -0.1) is 0 Å². The average Bonchev–Trinajstić information content (AvgIpc) is 2.92. The Hall–Kier alpha value is -0.110. The smallest absolute Gasteiger partial charge is 0.104 e. The van der Waals surface area contributed by atoms with Gasteiger partial charge in [-0.05, 0) is 63.8 Å². The van der Waals surface area contributed by atoms with Gasteiger partial charge in [0.15, 0.2) is 0 Å². The Morgan fingerprint density at radius 3 is 1.94 bits per heavy atom. The SMILES string of the molecule is CC(C)(C)C1CC(C2CC2F)CCN1C(C)(C)C. The van der Waals surface area contributed by atoms with E-state index in [2.05, 4.69) is 46.4 Å². The third-order valence-corrected chi connectivity index (χ3v) is 4.87. The van der Waals surface area contributed by atoms with Crippen LogP contribution in [0, 0.1) is 17.3 Å². The van der Waals surface area contributed by atoms with E-state index in [1.807, 2.05) is 0 Å². The first kappa shape index (κ1) is 14.3. The minimum atomic E-state index is -0.489. The fourth-order valence-corrected chi connectivity index (χ4v) is 3.67. The predicted octanol–water partition coefficient (Wildman–Crippen LogP) is 4.27. The van der Waals surface area contributed by atoms with E-state index in [-0.39, 0.29) is 11.0 Å². The Morgan fingerprint density at radius 1 is 1.00 bits per heavy atom. The van der Waals surface area contributed by atoms with E-state index in [0.29, 0.717) is 17.9 Å².